The molecule has 3 nitrogen and oxygen atoms in total. The van der Waals surface area contributed by atoms with Crippen LogP contribution in [0, 0.1) is 0 Å². The normalized spacial score (nSPS) is 24.1. The zero-order valence-corrected chi connectivity index (χ0v) is 8.33. The van der Waals surface area contributed by atoms with Crippen LogP contribution < -0.4 is 5.73 Å². The Hall–Kier alpha value is -0.830. The Kier molecular flexibility index (Phi) is 2.12. The van der Waals surface area contributed by atoms with Gasteiger partial charge in [-0.2, -0.15) is 0 Å². The standard InChI is InChI=1S/C10H17N3/c1-7-4-3-5-9-10(8(2)11)12-6-13(7)9/h6-8H,3-5,11H2,1-2H3. The maximum absolute atomic E-state index is 5.85. The minimum Gasteiger partial charge on any atom is -0.331 e. The Balaban J connectivity index is 2.41. The summed E-state index contributed by atoms with van der Waals surface area (Å²) in [5.74, 6) is 0. The molecule has 0 aromatic carbocycles. The number of hydrogen-bond donors (Lipinski definition) is 1. The summed E-state index contributed by atoms with van der Waals surface area (Å²) in [6, 6.07) is 0.672. The molecule has 0 bridgehead atoms. The van der Waals surface area contributed by atoms with Gasteiger partial charge in [0.25, 0.3) is 0 Å². The van der Waals surface area contributed by atoms with Crippen LogP contribution in [-0.4, -0.2) is 9.55 Å². The first-order valence-corrected chi connectivity index (χ1v) is 5.01. The van der Waals surface area contributed by atoms with Gasteiger partial charge in [0.2, 0.25) is 0 Å². The molecule has 0 fully saturated rings. The van der Waals surface area contributed by atoms with E-state index in [1.54, 1.807) is 0 Å². The highest BCUT2D eigenvalue weighted by atomic mass is 15.1. The van der Waals surface area contributed by atoms with Crippen molar-refractivity contribution in [3.8, 4) is 0 Å². The van der Waals surface area contributed by atoms with Gasteiger partial charge in [-0.3, -0.25) is 0 Å². The molecule has 1 aromatic heterocycles. The Morgan fingerprint density at radius 1 is 1.69 bits per heavy atom. The van der Waals surface area contributed by atoms with Crippen LogP contribution in [-0.2, 0) is 6.42 Å². The van der Waals surface area contributed by atoms with Crippen molar-refractivity contribution >= 4 is 0 Å². The molecule has 2 atom stereocenters. The fraction of sp³-hybridized carbons (Fsp3) is 0.700. The highest BCUT2D eigenvalue weighted by Gasteiger charge is 2.20. The van der Waals surface area contributed by atoms with Crippen molar-refractivity contribution in [2.75, 3.05) is 0 Å². The average molecular weight is 179 g/mol. The molecule has 2 N–H and O–H groups in total. The van der Waals surface area contributed by atoms with Crippen LogP contribution in [0.1, 0.15) is 50.2 Å². The summed E-state index contributed by atoms with van der Waals surface area (Å²) in [6.07, 6.45) is 5.62. The smallest absolute Gasteiger partial charge is 0.0954 e. The quantitative estimate of drug-likeness (QED) is 0.714. The molecule has 0 saturated carbocycles. The number of fused-ring (bicyclic) bond motifs is 1. The highest BCUT2D eigenvalue weighted by Crippen LogP contribution is 2.27. The average Bonchev–Trinajstić information content (AvgIpc) is 2.48. The number of rotatable bonds is 1. The molecule has 1 aliphatic rings. The predicted molar refractivity (Wildman–Crippen MR) is 52.5 cm³/mol. The second-order valence-electron chi connectivity index (χ2n) is 4.01. The molecule has 3 heteroatoms. The van der Waals surface area contributed by atoms with Gasteiger partial charge in [-0.25, -0.2) is 4.98 Å². The van der Waals surface area contributed by atoms with Gasteiger partial charge in [-0.05, 0) is 33.1 Å². The highest BCUT2D eigenvalue weighted by molar-refractivity contribution is 5.18. The fourth-order valence-electron chi connectivity index (χ4n) is 2.12. The lowest BCUT2D eigenvalue weighted by atomic mass is 10.0. The van der Waals surface area contributed by atoms with Gasteiger partial charge in [0.1, 0.15) is 0 Å². The van der Waals surface area contributed by atoms with Gasteiger partial charge in [-0.15, -0.1) is 0 Å². The third kappa shape index (κ3) is 1.37. The first kappa shape index (κ1) is 8.75. The summed E-state index contributed by atoms with van der Waals surface area (Å²) in [5.41, 5.74) is 8.30. The molecule has 2 unspecified atom stereocenters. The molecule has 0 radical (unpaired) electrons. The van der Waals surface area contributed by atoms with E-state index in [1.165, 1.54) is 18.5 Å². The fourth-order valence-corrected chi connectivity index (χ4v) is 2.12. The molecule has 0 spiro atoms. The molecule has 13 heavy (non-hydrogen) atoms. The Morgan fingerprint density at radius 3 is 3.15 bits per heavy atom. The van der Waals surface area contributed by atoms with E-state index in [2.05, 4.69) is 16.5 Å². The van der Waals surface area contributed by atoms with E-state index >= 15 is 0 Å². The summed E-state index contributed by atoms with van der Waals surface area (Å²) in [7, 11) is 0. The maximum Gasteiger partial charge on any atom is 0.0954 e. The van der Waals surface area contributed by atoms with Crippen LogP contribution in [0.3, 0.4) is 0 Å². The van der Waals surface area contributed by atoms with Gasteiger partial charge >= 0.3 is 0 Å². The lowest BCUT2D eigenvalue weighted by molar-refractivity contribution is 0.429. The molecule has 0 amide bonds. The minimum atomic E-state index is 0.0709. The Morgan fingerprint density at radius 2 is 2.46 bits per heavy atom. The molecular formula is C10H17N3. The van der Waals surface area contributed by atoms with Crippen LogP contribution in [0.4, 0.5) is 0 Å². The van der Waals surface area contributed by atoms with E-state index in [1.807, 2.05) is 13.3 Å². The summed E-state index contributed by atoms with van der Waals surface area (Å²) in [5, 5.41) is 0. The van der Waals surface area contributed by atoms with Gasteiger partial charge in [-0.1, -0.05) is 0 Å². The lowest BCUT2D eigenvalue weighted by Crippen LogP contribution is -2.17. The number of nitrogens with two attached hydrogens (primary N) is 1. The molecule has 72 valence electrons. The van der Waals surface area contributed by atoms with Crippen molar-refractivity contribution in [1.82, 2.24) is 9.55 Å². The van der Waals surface area contributed by atoms with Gasteiger partial charge < -0.3 is 10.3 Å². The van der Waals surface area contributed by atoms with Crippen molar-refractivity contribution in [2.24, 2.45) is 5.73 Å². The zero-order valence-electron chi connectivity index (χ0n) is 8.33. The Bertz CT molecular complexity index is 288. The molecule has 1 aromatic rings. The lowest BCUT2D eigenvalue weighted by Gasteiger charge is -2.22. The van der Waals surface area contributed by atoms with Crippen molar-refractivity contribution < 1.29 is 0 Å². The van der Waals surface area contributed by atoms with Crippen molar-refractivity contribution in [3.63, 3.8) is 0 Å². The number of nitrogens with zero attached hydrogens (tertiary/aromatic N) is 2. The largest absolute Gasteiger partial charge is 0.331 e. The predicted octanol–water partition coefficient (Wildman–Crippen LogP) is 1.80. The van der Waals surface area contributed by atoms with Crippen LogP contribution in [0.2, 0.25) is 0 Å². The summed E-state index contributed by atoms with van der Waals surface area (Å²) >= 11 is 0. The van der Waals surface area contributed by atoms with Crippen LogP contribution in [0.25, 0.3) is 0 Å². The van der Waals surface area contributed by atoms with Crippen LogP contribution >= 0.6 is 0 Å². The van der Waals surface area contributed by atoms with Crippen LogP contribution in [0.5, 0.6) is 0 Å². The number of imidazole rings is 1. The van der Waals surface area contributed by atoms with Crippen LogP contribution in [0.15, 0.2) is 6.33 Å². The van der Waals surface area contributed by atoms with E-state index in [9.17, 15) is 0 Å². The van der Waals surface area contributed by atoms with E-state index in [0.717, 1.165) is 12.1 Å². The molecule has 1 aliphatic heterocycles. The molecule has 2 rings (SSSR count). The SMILES string of the molecule is CC(N)c1ncn2c1CCCC2C. The van der Waals surface area contributed by atoms with E-state index in [-0.39, 0.29) is 6.04 Å². The monoisotopic (exact) mass is 179 g/mol. The van der Waals surface area contributed by atoms with E-state index < -0.39 is 0 Å². The summed E-state index contributed by atoms with van der Waals surface area (Å²) < 4.78 is 2.28. The molecule has 0 saturated heterocycles. The van der Waals surface area contributed by atoms with Gasteiger partial charge in [0.15, 0.2) is 0 Å². The molecule has 2 heterocycles. The third-order valence-corrected chi connectivity index (χ3v) is 2.87. The van der Waals surface area contributed by atoms with Crippen molar-refractivity contribution in [2.45, 2.75) is 45.2 Å². The van der Waals surface area contributed by atoms with Crippen molar-refractivity contribution in [1.29, 1.82) is 0 Å². The summed E-state index contributed by atoms with van der Waals surface area (Å²) in [6.45, 7) is 4.25. The second kappa shape index (κ2) is 3.14. The first-order valence-electron chi connectivity index (χ1n) is 5.01. The third-order valence-electron chi connectivity index (χ3n) is 2.87. The second-order valence-corrected chi connectivity index (χ2v) is 4.01. The van der Waals surface area contributed by atoms with Gasteiger partial charge in [0.05, 0.1) is 12.0 Å². The first-order chi connectivity index (χ1) is 6.20. The number of hydrogen-bond acceptors (Lipinski definition) is 2. The topological polar surface area (TPSA) is 43.8 Å². The molecule has 0 aliphatic carbocycles. The van der Waals surface area contributed by atoms with Crippen molar-refractivity contribution in [3.05, 3.63) is 17.7 Å². The zero-order chi connectivity index (χ0) is 9.42. The summed E-state index contributed by atoms with van der Waals surface area (Å²) in [4.78, 5) is 4.39. The van der Waals surface area contributed by atoms with Gasteiger partial charge in [0, 0.05) is 17.8 Å². The number of aromatic nitrogens is 2. The van der Waals surface area contributed by atoms with E-state index in [4.69, 9.17) is 5.73 Å². The van der Waals surface area contributed by atoms with E-state index in [0.29, 0.717) is 6.04 Å². The minimum absolute atomic E-state index is 0.0709. The maximum atomic E-state index is 5.85. The Labute approximate surface area is 79.0 Å². The molecular weight excluding hydrogens is 162 g/mol.